The number of nitrogens with zero attached hydrogens (tertiary/aromatic N) is 2. The van der Waals surface area contributed by atoms with Gasteiger partial charge < -0.3 is 10.4 Å². The first-order valence-corrected chi connectivity index (χ1v) is 4.75. The Hall–Kier alpha value is -1.75. The Labute approximate surface area is 85.9 Å². The Kier molecular flexibility index (Phi) is 1.63. The van der Waals surface area contributed by atoms with E-state index >= 15 is 0 Å². The maximum atomic E-state index is 12.0. The molecule has 0 saturated heterocycles. The van der Waals surface area contributed by atoms with E-state index in [1.165, 1.54) is 0 Å². The summed E-state index contributed by atoms with van der Waals surface area (Å²) >= 11 is 0. The van der Waals surface area contributed by atoms with Crippen LogP contribution in [0.1, 0.15) is 10.4 Å². The van der Waals surface area contributed by atoms with Gasteiger partial charge in [-0.25, -0.2) is 0 Å². The monoisotopic (exact) mass is 203 g/mol. The quantitative estimate of drug-likeness (QED) is 0.626. The predicted octanol–water partition coefficient (Wildman–Crippen LogP) is 0.0790. The summed E-state index contributed by atoms with van der Waals surface area (Å²) < 4.78 is 0. The van der Waals surface area contributed by atoms with Crippen molar-refractivity contribution in [2.75, 3.05) is 11.9 Å². The largest absolute Gasteiger partial charge is 0.390 e. The maximum absolute atomic E-state index is 12.0. The number of ketones is 1. The summed E-state index contributed by atoms with van der Waals surface area (Å²) in [6, 6.07) is 1.66. The van der Waals surface area contributed by atoms with Crippen LogP contribution in [0.25, 0.3) is 0 Å². The van der Waals surface area contributed by atoms with Crippen molar-refractivity contribution < 1.29 is 9.90 Å². The minimum absolute atomic E-state index is 0.0742. The number of aliphatic imine (C=N–C) groups is 1. The third-order valence-corrected chi connectivity index (χ3v) is 2.76. The standard InChI is InChI=1S/C10H9N3O2/c14-7-4-12-10-8(7)9(15)5-1-2-11-3-6(5)13-10/h1-3,7-8,14H,4H2,(H,12,13)/t7-,8?/m1/s1. The number of aromatic nitrogens is 1. The minimum Gasteiger partial charge on any atom is -0.390 e. The summed E-state index contributed by atoms with van der Waals surface area (Å²) in [7, 11) is 0. The first-order chi connectivity index (χ1) is 7.27. The normalized spacial score (nSPS) is 27.8. The fourth-order valence-corrected chi connectivity index (χ4v) is 2.01. The minimum atomic E-state index is -0.693. The lowest BCUT2D eigenvalue weighted by molar-refractivity contribution is 0.0831. The third kappa shape index (κ3) is 1.10. The molecule has 15 heavy (non-hydrogen) atoms. The van der Waals surface area contributed by atoms with Crippen LogP contribution >= 0.6 is 0 Å². The molecule has 5 heteroatoms. The molecule has 0 aromatic carbocycles. The number of anilines is 1. The number of Topliss-reactive ketones (excluding diaryl/α,β-unsaturated/α-hetero) is 1. The van der Waals surface area contributed by atoms with Crippen LogP contribution in [0.3, 0.4) is 0 Å². The highest BCUT2D eigenvalue weighted by atomic mass is 16.3. The third-order valence-electron chi connectivity index (χ3n) is 2.76. The number of fused-ring (bicyclic) bond motifs is 2. The summed E-state index contributed by atoms with van der Waals surface area (Å²) in [5.74, 6) is -0.0252. The van der Waals surface area contributed by atoms with Crippen molar-refractivity contribution in [2.45, 2.75) is 6.10 Å². The Morgan fingerprint density at radius 2 is 2.40 bits per heavy atom. The van der Waals surface area contributed by atoms with Crippen molar-refractivity contribution in [2.24, 2.45) is 10.9 Å². The van der Waals surface area contributed by atoms with Gasteiger partial charge >= 0.3 is 0 Å². The lowest BCUT2D eigenvalue weighted by Gasteiger charge is -2.23. The van der Waals surface area contributed by atoms with E-state index in [0.29, 0.717) is 23.6 Å². The van der Waals surface area contributed by atoms with Gasteiger partial charge in [0, 0.05) is 11.8 Å². The molecule has 1 aromatic rings. The molecular weight excluding hydrogens is 194 g/mol. The molecule has 2 aliphatic rings. The highest BCUT2D eigenvalue weighted by Crippen LogP contribution is 2.29. The van der Waals surface area contributed by atoms with Gasteiger partial charge in [0.1, 0.15) is 11.8 Å². The van der Waals surface area contributed by atoms with Gasteiger partial charge in [-0.3, -0.25) is 14.8 Å². The van der Waals surface area contributed by atoms with Crippen molar-refractivity contribution >= 4 is 17.3 Å². The second-order valence-corrected chi connectivity index (χ2v) is 3.68. The number of amidine groups is 1. The van der Waals surface area contributed by atoms with Crippen LogP contribution in [-0.4, -0.2) is 34.4 Å². The molecule has 3 heterocycles. The van der Waals surface area contributed by atoms with Gasteiger partial charge in [-0.2, -0.15) is 0 Å². The number of rotatable bonds is 0. The van der Waals surface area contributed by atoms with Gasteiger partial charge in [-0.05, 0) is 6.07 Å². The Bertz CT molecular complexity index is 469. The van der Waals surface area contributed by atoms with Crippen LogP contribution in [-0.2, 0) is 0 Å². The number of aliphatic hydroxyl groups excluding tert-OH is 1. The highest BCUT2D eigenvalue weighted by molar-refractivity contribution is 6.23. The van der Waals surface area contributed by atoms with E-state index < -0.39 is 12.0 Å². The molecule has 0 aliphatic carbocycles. The van der Waals surface area contributed by atoms with Crippen molar-refractivity contribution in [1.82, 2.24) is 4.98 Å². The van der Waals surface area contributed by atoms with E-state index in [1.807, 2.05) is 0 Å². The van der Waals surface area contributed by atoms with E-state index in [1.54, 1.807) is 18.5 Å². The SMILES string of the molecule is O=C1c2ccncc2NC2=NC[C@@H](O)C12. The Morgan fingerprint density at radius 3 is 3.27 bits per heavy atom. The number of carbonyl (C=O) groups is 1. The molecule has 1 aromatic heterocycles. The molecule has 76 valence electrons. The molecular formula is C10H9N3O2. The van der Waals surface area contributed by atoms with Crippen molar-refractivity contribution in [3.63, 3.8) is 0 Å². The molecule has 3 rings (SSSR count). The first kappa shape index (κ1) is 8.55. The zero-order chi connectivity index (χ0) is 10.4. The molecule has 2 atom stereocenters. The van der Waals surface area contributed by atoms with Crippen LogP contribution < -0.4 is 5.32 Å². The van der Waals surface area contributed by atoms with Crippen LogP contribution in [0.15, 0.2) is 23.5 Å². The molecule has 0 amide bonds. The van der Waals surface area contributed by atoms with Crippen LogP contribution in [0.4, 0.5) is 5.69 Å². The van der Waals surface area contributed by atoms with E-state index in [4.69, 9.17) is 0 Å². The Morgan fingerprint density at radius 1 is 1.53 bits per heavy atom. The van der Waals surface area contributed by atoms with E-state index in [0.717, 1.165) is 0 Å². The summed E-state index contributed by atoms with van der Waals surface area (Å²) in [6.45, 7) is 0.292. The number of carbonyl (C=O) groups excluding carboxylic acids is 1. The number of pyridine rings is 1. The number of hydrogen-bond donors (Lipinski definition) is 2. The van der Waals surface area contributed by atoms with Crippen molar-refractivity contribution in [1.29, 1.82) is 0 Å². The molecule has 0 fully saturated rings. The van der Waals surface area contributed by atoms with E-state index in [-0.39, 0.29) is 5.78 Å². The molecule has 0 bridgehead atoms. The number of nitrogens with one attached hydrogen (secondary N) is 1. The summed E-state index contributed by atoms with van der Waals surface area (Å²) in [4.78, 5) is 20.0. The summed E-state index contributed by atoms with van der Waals surface area (Å²) in [6.07, 6.45) is 2.47. The summed E-state index contributed by atoms with van der Waals surface area (Å²) in [5, 5.41) is 12.7. The van der Waals surface area contributed by atoms with Crippen LogP contribution in [0.2, 0.25) is 0 Å². The van der Waals surface area contributed by atoms with Crippen LogP contribution in [0.5, 0.6) is 0 Å². The van der Waals surface area contributed by atoms with Gasteiger partial charge in [0.05, 0.1) is 24.5 Å². The van der Waals surface area contributed by atoms with Gasteiger partial charge in [0.15, 0.2) is 5.78 Å². The fraction of sp³-hybridized carbons (Fsp3) is 0.300. The van der Waals surface area contributed by atoms with E-state index in [2.05, 4.69) is 15.3 Å². The second kappa shape index (κ2) is 2.87. The predicted molar refractivity (Wildman–Crippen MR) is 54.0 cm³/mol. The smallest absolute Gasteiger partial charge is 0.178 e. The fourth-order valence-electron chi connectivity index (χ4n) is 2.01. The first-order valence-electron chi connectivity index (χ1n) is 4.75. The van der Waals surface area contributed by atoms with Crippen LogP contribution in [0, 0.1) is 5.92 Å². The van der Waals surface area contributed by atoms with Crippen molar-refractivity contribution in [3.8, 4) is 0 Å². The zero-order valence-electron chi connectivity index (χ0n) is 7.84. The average molecular weight is 203 g/mol. The van der Waals surface area contributed by atoms with Crippen molar-refractivity contribution in [3.05, 3.63) is 24.0 Å². The zero-order valence-corrected chi connectivity index (χ0v) is 7.84. The van der Waals surface area contributed by atoms with Gasteiger partial charge in [0.2, 0.25) is 0 Å². The van der Waals surface area contributed by atoms with Gasteiger partial charge in [-0.15, -0.1) is 0 Å². The molecule has 2 N–H and O–H groups in total. The summed E-state index contributed by atoms with van der Waals surface area (Å²) in [5.41, 5.74) is 1.25. The number of hydrogen-bond acceptors (Lipinski definition) is 5. The highest BCUT2D eigenvalue weighted by Gasteiger charge is 2.40. The van der Waals surface area contributed by atoms with Gasteiger partial charge in [0.25, 0.3) is 0 Å². The van der Waals surface area contributed by atoms with E-state index in [9.17, 15) is 9.90 Å². The maximum Gasteiger partial charge on any atom is 0.178 e. The molecule has 5 nitrogen and oxygen atoms in total. The lowest BCUT2D eigenvalue weighted by atomic mass is 9.90. The lowest BCUT2D eigenvalue weighted by Crippen LogP contribution is -2.39. The molecule has 2 aliphatic heterocycles. The topological polar surface area (TPSA) is 74.6 Å². The molecule has 0 spiro atoms. The second-order valence-electron chi connectivity index (χ2n) is 3.68. The Balaban J connectivity index is 2.13. The molecule has 1 unspecified atom stereocenters. The molecule has 0 saturated carbocycles. The average Bonchev–Trinajstić information content (AvgIpc) is 2.61. The van der Waals surface area contributed by atoms with Gasteiger partial charge in [-0.1, -0.05) is 0 Å². The molecule has 0 radical (unpaired) electrons. The number of aliphatic hydroxyl groups is 1.